The van der Waals surface area contributed by atoms with Gasteiger partial charge in [0.25, 0.3) is 5.91 Å². The number of benzene rings is 1. The molecular weight excluding hydrogens is 473 g/mol. The molecule has 186 valence electrons. The first-order chi connectivity index (χ1) is 16.4. The van der Waals surface area contributed by atoms with Gasteiger partial charge in [-0.05, 0) is 63.9 Å². The molecule has 1 aromatic heterocycles. The van der Waals surface area contributed by atoms with Crippen molar-refractivity contribution in [2.45, 2.75) is 52.8 Å². The number of nitrogens with zero attached hydrogens (tertiary/aromatic N) is 4. The Bertz CT molecular complexity index is 1170. The van der Waals surface area contributed by atoms with Crippen molar-refractivity contribution in [2.24, 2.45) is 0 Å². The Morgan fingerprint density at radius 2 is 2.03 bits per heavy atom. The van der Waals surface area contributed by atoms with Gasteiger partial charge in [-0.25, -0.2) is 14.2 Å². The predicted octanol–water partition coefficient (Wildman–Crippen LogP) is 4.75. The molecule has 3 rings (SSSR count). The molecule has 2 aromatic rings. The summed E-state index contributed by atoms with van der Waals surface area (Å²) in [5.74, 6) is -1.42. The fourth-order valence-electron chi connectivity index (χ4n) is 3.88. The average molecular weight is 502 g/mol. The van der Waals surface area contributed by atoms with Crippen LogP contribution in [0.5, 0.6) is 0 Å². The summed E-state index contributed by atoms with van der Waals surface area (Å²) in [4.78, 5) is 32.8. The van der Waals surface area contributed by atoms with E-state index in [1.165, 1.54) is 0 Å². The largest absolute Gasteiger partial charge is 0.444 e. The fraction of sp³-hybridized carbons (Fsp3) is 0.440. The zero-order valence-electron chi connectivity index (χ0n) is 20.5. The third-order valence-electron chi connectivity index (χ3n) is 5.67. The normalized spacial score (nSPS) is 16.5. The van der Waals surface area contributed by atoms with E-state index in [2.05, 4.69) is 15.2 Å². The van der Waals surface area contributed by atoms with E-state index in [0.717, 1.165) is 23.4 Å². The van der Waals surface area contributed by atoms with E-state index < -0.39 is 17.3 Å². The van der Waals surface area contributed by atoms with Gasteiger partial charge in [0.2, 0.25) is 0 Å². The molecule has 2 heterocycles. The third-order valence-corrected chi connectivity index (χ3v) is 5.89. The molecule has 1 fully saturated rings. The molecule has 0 bridgehead atoms. The van der Waals surface area contributed by atoms with Crippen LogP contribution in [-0.4, -0.2) is 58.1 Å². The number of carbonyl (C=O) groups excluding carboxylic acids is 2. The van der Waals surface area contributed by atoms with Gasteiger partial charge in [0.15, 0.2) is 11.5 Å². The lowest BCUT2D eigenvalue weighted by Gasteiger charge is -2.40. The van der Waals surface area contributed by atoms with Gasteiger partial charge in [0.1, 0.15) is 11.7 Å². The smallest absolute Gasteiger partial charge is 0.410 e. The molecule has 1 aliphatic rings. The van der Waals surface area contributed by atoms with E-state index in [1.807, 2.05) is 40.7 Å². The van der Waals surface area contributed by atoms with Crippen LogP contribution in [-0.2, 0) is 11.3 Å². The molecular formula is C25H29ClFN5O3. The second-order valence-electron chi connectivity index (χ2n) is 9.62. The lowest BCUT2D eigenvalue weighted by molar-refractivity contribution is 0.000534. The summed E-state index contributed by atoms with van der Waals surface area (Å²) in [7, 11) is 0. The average Bonchev–Trinajstić information content (AvgIpc) is 2.75. The van der Waals surface area contributed by atoms with Crippen molar-refractivity contribution in [1.82, 2.24) is 14.8 Å². The van der Waals surface area contributed by atoms with E-state index in [-0.39, 0.29) is 23.4 Å². The van der Waals surface area contributed by atoms with Gasteiger partial charge in [0, 0.05) is 49.1 Å². The molecule has 35 heavy (non-hydrogen) atoms. The topological polar surface area (TPSA) is 98.6 Å². The number of nitriles is 1. The van der Waals surface area contributed by atoms with Gasteiger partial charge in [-0.15, -0.1) is 0 Å². The SMILES string of the molecule is Cc1c(CN2CCN(C(=O)OC(C)(C)C)C(C)C2)cc(Cl)cc1NC(=O)c1cnc(C#N)c(F)c1. The molecule has 1 unspecified atom stereocenters. The highest BCUT2D eigenvalue weighted by atomic mass is 35.5. The number of nitrogens with one attached hydrogen (secondary N) is 1. The Morgan fingerprint density at radius 1 is 1.31 bits per heavy atom. The van der Waals surface area contributed by atoms with Gasteiger partial charge in [-0.1, -0.05) is 11.6 Å². The molecule has 1 atom stereocenters. The van der Waals surface area contributed by atoms with E-state index in [9.17, 15) is 14.0 Å². The van der Waals surface area contributed by atoms with Crippen molar-refractivity contribution >= 4 is 29.3 Å². The number of halogens is 2. The number of anilines is 1. The van der Waals surface area contributed by atoms with Crippen molar-refractivity contribution in [3.05, 3.63) is 57.6 Å². The molecule has 1 aliphatic heterocycles. The van der Waals surface area contributed by atoms with E-state index >= 15 is 0 Å². The van der Waals surface area contributed by atoms with Crippen molar-refractivity contribution in [1.29, 1.82) is 5.26 Å². The van der Waals surface area contributed by atoms with Gasteiger partial charge in [-0.3, -0.25) is 9.69 Å². The van der Waals surface area contributed by atoms with Crippen LogP contribution >= 0.6 is 11.6 Å². The van der Waals surface area contributed by atoms with Crippen LogP contribution in [0.15, 0.2) is 24.4 Å². The number of piperazine rings is 1. The number of pyridine rings is 1. The molecule has 0 spiro atoms. The summed E-state index contributed by atoms with van der Waals surface area (Å²) in [5, 5.41) is 12.0. The first-order valence-corrected chi connectivity index (χ1v) is 11.6. The van der Waals surface area contributed by atoms with Gasteiger partial charge in [-0.2, -0.15) is 5.26 Å². The van der Waals surface area contributed by atoms with Crippen LogP contribution in [0.3, 0.4) is 0 Å². The zero-order valence-corrected chi connectivity index (χ0v) is 21.2. The lowest BCUT2D eigenvalue weighted by atomic mass is 10.0. The fourth-order valence-corrected chi connectivity index (χ4v) is 4.12. The highest BCUT2D eigenvalue weighted by Gasteiger charge is 2.31. The highest BCUT2D eigenvalue weighted by Crippen LogP contribution is 2.27. The standard InChI is InChI=1S/C25H29ClFN5O3/c1-15-13-31(6-7-32(15)24(34)35-25(3,4)5)14-18-8-19(26)10-21(16(18)2)30-23(33)17-9-20(27)22(11-28)29-12-17/h8-10,12,15H,6-7,13-14H2,1-5H3,(H,30,33). The van der Waals surface area contributed by atoms with Crippen molar-refractivity contribution in [3.63, 3.8) is 0 Å². The number of carbonyl (C=O) groups is 2. The van der Waals surface area contributed by atoms with Crippen molar-refractivity contribution in [2.75, 3.05) is 25.0 Å². The summed E-state index contributed by atoms with van der Waals surface area (Å²) in [6.45, 7) is 11.8. The molecule has 2 amide bonds. The molecule has 1 N–H and O–H groups in total. The lowest BCUT2D eigenvalue weighted by Crippen LogP contribution is -2.54. The minimum Gasteiger partial charge on any atom is -0.444 e. The Balaban J connectivity index is 1.70. The predicted molar refractivity (Wildman–Crippen MR) is 131 cm³/mol. The van der Waals surface area contributed by atoms with E-state index in [1.54, 1.807) is 17.0 Å². The minimum atomic E-state index is -0.858. The van der Waals surface area contributed by atoms with Crippen LogP contribution in [0.4, 0.5) is 14.9 Å². The van der Waals surface area contributed by atoms with E-state index in [4.69, 9.17) is 21.6 Å². The Labute approximate surface area is 209 Å². The maximum atomic E-state index is 13.9. The molecule has 10 heteroatoms. The summed E-state index contributed by atoms with van der Waals surface area (Å²) in [5.41, 5.74) is 1.33. The number of aromatic nitrogens is 1. The number of hydrogen-bond acceptors (Lipinski definition) is 6. The number of amides is 2. The zero-order chi connectivity index (χ0) is 25.9. The second kappa shape index (κ2) is 10.6. The van der Waals surface area contributed by atoms with Gasteiger partial charge >= 0.3 is 6.09 Å². The molecule has 0 aliphatic carbocycles. The molecule has 0 radical (unpaired) electrons. The molecule has 0 saturated carbocycles. The Kier molecular flexibility index (Phi) is 7.98. The maximum Gasteiger partial charge on any atom is 0.410 e. The maximum absolute atomic E-state index is 13.9. The highest BCUT2D eigenvalue weighted by molar-refractivity contribution is 6.31. The van der Waals surface area contributed by atoms with Crippen LogP contribution < -0.4 is 5.32 Å². The van der Waals surface area contributed by atoms with Crippen LogP contribution in [0.2, 0.25) is 5.02 Å². The summed E-state index contributed by atoms with van der Waals surface area (Å²) in [6.07, 6.45) is 0.839. The number of rotatable bonds is 4. The number of ether oxygens (including phenoxy) is 1. The Hall–Kier alpha value is -3.22. The minimum absolute atomic E-state index is 0.00508. The first-order valence-electron chi connectivity index (χ1n) is 11.3. The van der Waals surface area contributed by atoms with Crippen LogP contribution in [0.25, 0.3) is 0 Å². The van der Waals surface area contributed by atoms with Crippen LogP contribution in [0, 0.1) is 24.1 Å². The third kappa shape index (κ3) is 6.68. The first kappa shape index (κ1) is 26.4. The molecule has 1 aromatic carbocycles. The molecule has 8 nitrogen and oxygen atoms in total. The Morgan fingerprint density at radius 3 is 2.63 bits per heavy atom. The second-order valence-corrected chi connectivity index (χ2v) is 10.1. The van der Waals surface area contributed by atoms with Crippen LogP contribution in [0.1, 0.15) is 54.9 Å². The van der Waals surface area contributed by atoms with Crippen molar-refractivity contribution in [3.8, 4) is 6.07 Å². The van der Waals surface area contributed by atoms with Gasteiger partial charge in [0.05, 0.1) is 5.56 Å². The summed E-state index contributed by atoms with van der Waals surface area (Å²) >= 11 is 6.34. The van der Waals surface area contributed by atoms with Crippen molar-refractivity contribution < 1.29 is 18.7 Å². The van der Waals surface area contributed by atoms with Gasteiger partial charge < -0.3 is 15.0 Å². The number of hydrogen-bond donors (Lipinski definition) is 1. The van der Waals surface area contributed by atoms with E-state index in [0.29, 0.717) is 36.9 Å². The summed E-state index contributed by atoms with van der Waals surface area (Å²) in [6, 6.07) is 6.06. The monoisotopic (exact) mass is 501 g/mol. The molecule has 1 saturated heterocycles. The quantitative estimate of drug-likeness (QED) is 0.649. The summed E-state index contributed by atoms with van der Waals surface area (Å²) < 4.78 is 19.4.